The second-order valence-electron chi connectivity index (χ2n) is 6.57. The predicted molar refractivity (Wildman–Crippen MR) is 110 cm³/mol. The number of nitrogens with zero attached hydrogens (tertiary/aromatic N) is 2. The Kier molecular flexibility index (Phi) is 6.48. The van der Waals surface area contributed by atoms with E-state index in [4.69, 9.17) is 26.3 Å². The number of carbonyl (C=O) groups excluding carboxylic acids is 1. The van der Waals surface area contributed by atoms with E-state index in [9.17, 15) is 4.79 Å². The van der Waals surface area contributed by atoms with E-state index >= 15 is 0 Å². The van der Waals surface area contributed by atoms with Crippen LogP contribution in [-0.4, -0.2) is 11.3 Å². The fourth-order valence-corrected chi connectivity index (χ4v) is 3.02. The van der Waals surface area contributed by atoms with Crippen LogP contribution in [-0.2, 0) is 13.2 Å². The lowest BCUT2D eigenvalue weighted by Crippen LogP contribution is -2.03. The van der Waals surface area contributed by atoms with Gasteiger partial charge >= 0.3 is 0 Å². The third-order valence-corrected chi connectivity index (χ3v) is 4.90. The molecule has 1 heterocycles. The topological polar surface area (TPSA) is 72.2 Å². The number of aromatic nitrogens is 1. The number of aryl methyl sites for hydroxylation is 1. The first kappa shape index (κ1) is 20.4. The van der Waals surface area contributed by atoms with Gasteiger partial charge in [0, 0.05) is 24.0 Å². The van der Waals surface area contributed by atoms with Crippen molar-refractivity contribution in [2.24, 2.45) is 0 Å². The molecule has 0 fully saturated rings. The first-order chi connectivity index (χ1) is 14.0. The van der Waals surface area contributed by atoms with E-state index in [2.05, 4.69) is 4.98 Å². The fourth-order valence-electron chi connectivity index (χ4n) is 2.79. The zero-order valence-corrected chi connectivity index (χ0v) is 16.9. The monoisotopic (exact) mass is 406 g/mol. The molecule has 0 radical (unpaired) electrons. The summed E-state index contributed by atoms with van der Waals surface area (Å²) >= 11 is 6.29. The Labute approximate surface area is 174 Å². The molecule has 0 saturated carbocycles. The number of hydrogen-bond donors (Lipinski definition) is 0. The molecule has 3 aromatic rings. The van der Waals surface area contributed by atoms with Gasteiger partial charge in [-0.25, -0.2) is 0 Å². The van der Waals surface area contributed by atoms with Gasteiger partial charge in [-0.15, -0.1) is 0 Å². The Morgan fingerprint density at radius 2 is 1.90 bits per heavy atom. The summed E-state index contributed by atoms with van der Waals surface area (Å²) in [7, 11) is 0. The van der Waals surface area contributed by atoms with Crippen molar-refractivity contribution in [1.82, 2.24) is 4.98 Å². The van der Waals surface area contributed by atoms with E-state index in [1.54, 1.807) is 18.3 Å². The fraction of sp³-hybridized carbons (Fsp3) is 0.174. The van der Waals surface area contributed by atoms with Crippen LogP contribution in [0, 0.1) is 25.2 Å². The van der Waals surface area contributed by atoms with Crippen LogP contribution in [0.25, 0.3) is 0 Å². The van der Waals surface area contributed by atoms with Crippen LogP contribution in [0.15, 0.2) is 48.8 Å². The molecule has 3 rings (SSSR count). The van der Waals surface area contributed by atoms with Gasteiger partial charge in [-0.2, -0.15) is 5.26 Å². The van der Waals surface area contributed by atoms with Crippen LogP contribution in [0.4, 0.5) is 0 Å². The van der Waals surface area contributed by atoms with Crippen LogP contribution in [0.2, 0.25) is 5.02 Å². The highest BCUT2D eigenvalue weighted by molar-refractivity contribution is 6.32. The molecule has 2 aromatic carbocycles. The van der Waals surface area contributed by atoms with Gasteiger partial charge in [0.15, 0.2) is 6.29 Å². The van der Waals surface area contributed by atoms with Crippen LogP contribution in [0.5, 0.6) is 11.5 Å². The zero-order chi connectivity index (χ0) is 20.8. The highest BCUT2D eigenvalue weighted by Gasteiger charge is 2.12. The maximum Gasteiger partial charge on any atom is 0.153 e. The summed E-state index contributed by atoms with van der Waals surface area (Å²) in [5.74, 6) is 0.778. The van der Waals surface area contributed by atoms with Gasteiger partial charge in [0.2, 0.25) is 0 Å². The van der Waals surface area contributed by atoms with Gasteiger partial charge < -0.3 is 9.47 Å². The molecule has 5 nitrogen and oxygen atoms in total. The average molecular weight is 407 g/mol. The van der Waals surface area contributed by atoms with Crippen LogP contribution in [0.1, 0.15) is 38.2 Å². The largest absolute Gasteiger partial charge is 0.488 e. The minimum absolute atomic E-state index is 0.154. The lowest BCUT2D eigenvalue weighted by atomic mass is 10.0. The number of nitriles is 1. The van der Waals surface area contributed by atoms with Gasteiger partial charge in [0.05, 0.1) is 16.1 Å². The van der Waals surface area contributed by atoms with Gasteiger partial charge in [0.25, 0.3) is 0 Å². The summed E-state index contributed by atoms with van der Waals surface area (Å²) in [6, 6.07) is 12.9. The van der Waals surface area contributed by atoms with E-state index < -0.39 is 0 Å². The first-order valence-electron chi connectivity index (χ1n) is 8.95. The Morgan fingerprint density at radius 1 is 1.10 bits per heavy atom. The molecule has 0 amide bonds. The van der Waals surface area contributed by atoms with E-state index in [0.717, 1.165) is 11.1 Å². The minimum Gasteiger partial charge on any atom is -0.488 e. The molecule has 6 heteroatoms. The lowest BCUT2D eigenvalue weighted by Gasteiger charge is -2.14. The Hall–Kier alpha value is -3.36. The van der Waals surface area contributed by atoms with E-state index in [-0.39, 0.29) is 6.61 Å². The number of pyridine rings is 1. The number of aldehydes is 1. The number of halogens is 1. The third-order valence-electron chi connectivity index (χ3n) is 4.61. The van der Waals surface area contributed by atoms with Crippen molar-refractivity contribution in [2.75, 3.05) is 0 Å². The molecule has 0 unspecified atom stereocenters. The second-order valence-corrected chi connectivity index (χ2v) is 6.98. The highest BCUT2D eigenvalue weighted by Crippen LogP contribution is 2.33. The molecule has 1 aromatic heterocycles. The smallest absolute Gasteiger partial charge is 0.153 e. The summed E-state index contributed by atoms with van der Waals surface area (Å²) in [4.78, 5) is 15.4. The molecule has 0 aliphatic heterocycles. The van der Waals surface area contributed by atoms with Gasteiger partial charge in [-0.1, -0.05) is 29.8 Å². The maximum atomic E-state index is 11.4. The predicted octanol–water partition coefficient (Wildman–Crippen LogP) is 5.19. The van der Waals surface area contributed by atoms with Crippen molar-refractivity contribution in [2.45, 2.75) is 27.1 Å². The Balaban J connectivity index is 1.79. The van der Waals surface area contributed by atoms with Crippen molar-refractivity contribution in [3.05, 3.63) is 87.2 Å². The third kappa shape index (κ3) is 4.92. The molecule has 0 bridgehead atoms. The molecule has 29 heavy (non-hydrogen) atoms. The number of hydrogen-bond acceptors (Lipinski definition) is 5. The first-order valence-corrected chi connectivity index (χ1v) is 9.33. The summed E-state index contributed by atoms with van der Waals surface area (Å²) in [5.41, 5.74) is 4.88. The Bertz CT molecular complexity index is 1090. The number of carbonyl (C=O) groups is 1. The molecule has 0 aliphatic rings. The molecule has 146 valence electrons. The number of benzene rings is 2. The van der Waals surface area contributed by atoms with Crippen molar-refractivity contribution in [1.29, 1.82) is 5.26 Å². The average Bonchev–Trinajstić information content (AvgIpc) is 2.74. The van der Waals surface area contributed by atoms with Gasteiger partial charge in [0.1, 0.15) is 30.8 Å². The number of ether oxygens (including phenoxy) is 2. The Morgan fingerprint density at radius 3 is 2.66 bits per heavy atom. The molecule has 0 spiro atoms. The zero-order valence-electron chi connectivity index (χ0n) is 16.1. The van der Waals surface area contributed by atoms with Crippen LogP contribution >= 0.6 is 11.6 Å². The molecule has 0 atom stereocenters. The van der Waals surface area contributed by atoms with E-state index in [0.29, 0.717) is 46.1 Å². The molecule has 0 N–H and O–H groups in total. The minimum atomic E-state index is 0.154. The second kappa shape index (κ2) is 9.22. The summed E-state index contributed by atoms with van der Waals surface area (Å²) < 4.78 is 11.7. The van der Waals surface area contributed by atoms with Crippen molar-refractivity contribution in [3.63, 3.8) is 0 Å². The standard InChI is InChI=1S/C23H19ClN2O3/c1-15-4-3-5-19(16(15)2)14-29-23-8-22(20(12-27)7-21(23)24)28-13-18-6-17(9-25)10-26-11-18/h3-8,10-12H,13-14H2,1-2H3. The summed E-state index contributed by atoms with van der Waals surface area (Å²) in [6.45, 7) is 4.60. The molecular weight excluding hydrogens is 388 g/mol. The summed E-state index contributed by atoms with van der Waals surface area (Å²) in [5, 5.41) is 9.31. The summed E-state index contributed by atoms with van der Waals surface area (Å²) in [6.07, 6.45) is 3.76. The molecule has 0 saturated heterocycles. The van der Waals surface area contributed by atoms with E-state index in [1.807, 2.05) is 38.1 Å². The maximum absolute atomic E-state index is 11.4. The van der Waals surface area contributed by atoms with Crippen LogP contribution < -0.4 is 9.47 Å². The highest BCUT2D eigenvalue weighted by atomic mass is 35.5. The SMILES string of the molecule is Cc1cccc(COc2cc(OCc3cncc(C#N)c3)c(C=O)cc2Cl)c1C. The van der Waals surface area contributed by atoms with Crippen molar-refractivity contribution in [3.8, 4) is 17.6 Å². The van der Waals surface area contributed by atoms with Gasteiger partial charge in [-0.05, 0) is 42.7 Å². The van der Waals surface area contributed by atoms with Crippen molar-refractivity contribution >= 4 is 17.9 Å². The van der Waals surface area contributed by atoms with Gasteiger partial charge in [-0.3, -0.25) is 9.78 Å². The molecular formula is C23H19ClN2O3. The normalized spacial score (nSPS) is 10.3. The van der Waals surface area contributed by atoms with Crippen LogP contribution in [0.3, 0.4) is 0 Å². The van der Waals surface area contributed by atoms with Crippen molar-refractivity contribution < 1.29 is 14.3 Å². The quantitative estimate of drug-likeness (QED) is 0.504. The van der Waals surface area contributed by atoms with E-state index in [1.165, 1.54) is 17.8 Å². The lowest BCUT2D eigenvalue weighted by molar-refractivity contribution is 0.111. The molecule has 0 aliphatic carbocycles. The number of rotatable bonds is 7.